The van der Waals surface area contributed by atoms with Crippen molar-refractivity contribution in [2.24, 2.45) is 0 Å². The Kier molecular flexibility index (Phi) is 4.47. The van der Waals surface area contributed by atoms with Gasteiger partial charge in [-0.25, -0.2) is 4.79 Å². The summed E-state index contributed by atoms with van der Waals surface area (Å²) in [6, 6.07) is 15.8. The Balaban J connectivity index is 1.71. The summed E-state index contributed by atoms with van der Waals surface area (Å²) in [6.07, 6.45) is 0.511. The zero-order chi connectivity index (χ0) is 20.7. The van der Waals surface area contributed by atoms with Crippen LogP contribution < -0.4 is 0 Å². The maximum Gasteiger partial charge on any atom is 0.342 e. The zero-order valence-corrected chi connectivity index (χ0v) is 15.6. The summed E-state index contributed by atoms with van der Waals surface area (Å²) >= 11 is 0. The van der Waals surface area contributed by atoms with Crippen LogP contribution in [0.1, 0.15) is 43.0 Å². The van der Waals surface area contributed by atoms with Gasteiger partial charge >= 0.3 is 5.97 Å². The Morgan fingerprint density at radius 2 is 1.76 bits per heavy atom. The minimum Gasteiger partial charge on any atom is -0.477 e. The molecule has 29 heavy (non-hydrogen) atoms. The standard InChI is InChI=1S/C23H17NO5/c1-13-16(9-10-18-17-7-3-2-5-14(17)11-20(13)18)21(25)12-15-6-4-8-19(23(26)27)22(15)24(28)29/h2-10H,11-12H2,1H3,(H,26,27). The number of nitro groups is 1. The van der Waals surface area contributed by atoms with Gasteiger partial charge in [-0.15, -0.1) is 0 Å². The Labute approximate surface area is 166 Å². The van der Waals surface area contributed by atoms with Crippen molar-refractivity contribution in [2.75, 3.05) is 0 Å². The van der Waals surface area contributed by atoms with E-state index >= 15 is 0 Å². The highest BCUT2D eigenvalue weighted by Crippen LogP contribution is 2.39. The summed E-state index contributed by atoms with van der Waals surface area (Å²) < 4.78 is 0. The molecule has 144 valence electrons. The second kappa shape index (κ2) is 6.98. The normalized spacial score (nSPS) is 11.6. The van der Waals surface area contributed by atoms with Gasteiger partial charge in [-0.1, -0.05) is 48.5 Å². The lowest BCUT2D eigenvalue weighted by Crippen LogP contribution is -2.11. The molecule has 0 aromatic heterocycles. The van der Waals surface area contributed by atoms with E-state index in [1.54, 1.807) is 6.07 Å². The number of nitrogens with zero attached hydrogens (tertiary/aromatic N) is 1. The summed E-state index contributed by atoms with van der Waals surface area (Å²) in [7, 11) is 0. The molecule has 0 aliphatic heterocycles. The summed E-state index contributed by atoms with van der Waals surface area (Å²) in [4.78, 5) is 35.0. The molecule has 1 aliphatic carbocycles. The second-order valence-corrected chi connectivity index (χ2v) is 7.07. The molecule has 0 fully saturated rings. The van der Waals surface area contributed by atoms with Gasteiger partial charge in [0.25, 0.3) is 5.69 Å². The van der Waals surface area contributed by atoms with Crippen LogP contribution in [0.3, 0.4) is 0 Å². The Morgan fingerprint density at radius 3 is 2.48 bits per heavy atom. The maximum absolute atomic E-state index is 13.0. The number of aromatic carboxylic acids is 1. The van der Waals surface area contributed by atoms with Crippen LogP contribution in [0, 0.1) is 17.0 Å². The van der Waals surface area contributed by atoms with Crippen molar-refractivity contribution >= 4 is 17.4 Å². The topological polar surface area (TPSA) is 97.5 Å². The fraction of sp³-hybridized carbons (Fsp3) is 0.130. The van der Waals surface area contributed by atoms with E-state index in [1.165, 1.54) is 23.8 Å². The van der Waals surface area contributed by atoms with Gasteiger partial charge in [0.15, 0.2) is 5.78 Å². The van der Waals surface area contributed by atoms with Gasteiger partial charge in [-0.05, 0) is 47.2 Å². The number of carboxylic acids is 1. The van der Waals surface area contributed by atoms with Gasteiger partial charge in [0.2, 0.25) is 0 Å². The molecule has 0 atom stereocenters. The summed E-state index contributed by atoms with van der Waals surface area (Å²) in [5.41, 5.74) is 5.09. The number of ketones is 1. The second-order valence-electron chi connectivity index (χ2n) is 7.07. The molecule has 3 aromatic rings. The van der Waals surface area contributed by atoms with Gasteiger partial charge in [-0.3, -0.25) is 14.9 Å². The van der Waals surface area contributed by atoms with Crippen LogP contribution >= 0.6 is 0 Å². The summed E-state index contributed by atoms with van der Waals surface area (Å²) in [5, 5.41) is 20.7. The van der Waals surface area contributed by atoms with E-state index in [1.807, 2.05) is 25.1 Å². The van der Waals surface area contributed by atoms with Crippen molar-refractivity contribution in [1.29, 1.82) is 0 Å². The first kappa shape index (κ1) is 18.6. The van der Waals surface area contributed by atoms with E-state index in [4.69, 9.17) is 0 Å². The van der Waals surface area contributed by atoms with Gasteiger partial charge in [0.1, 0.15) is 5.56 Å². The maximum atomic E-state index is 13.0. The van der Waals surface area contributed by atoms with Crippen LogP contribution in [0.4, 0.5) is 5.69 Å². The molecule has 0 unspecified atom stereocenters. The third-order valence-corrected chi connectivity index (χ3v) is 5.46. The molecule has 3 aromatic carbocycles. The number of carbonyl (C=O) groups excluding carboxylic acids is 1. The third-order valence-electron chi connectivity index (χ3n) is 5.46. The van der Waals surface area contributed by atoms with E-state index in [0.29, 0.717) is 5.56 Å². The van der Waals surface area contributed by atoms with Crippen LogP contribution in [0.2, 0.25) is 0 Å². The summed E-state index contributed by atoms with van der Waals surface area (Å²) in [6.45, 7) is 1.89. The molecular formula is C23H17NO5. The number of hydrogen-bond donors (Lipinski definition) is 1. The highest BCUT2D eigenvalue weighted by atomic mass is 16.6. The predicted octanol–water partition coefficient (Wildman–Crippen LogP) is 4.60. The molecule has 1 N–H and O–H groups in total. The fourth-order valence-corrected chi connectivity index (χ4v) is 4.06. The molecule has 0 heterocycles. The first-order valence-electron chi connectivity index (χ1n) is 9.12. The monoisotopic (exact) mass is 387 g/mol. The minimum absolute atomic E-state index is 0.100. The van der Waals surface area contributed by atoms with Crippen LogP contribution in [-0.2, 0) is 12.8 Å². The highest BCUT2D eigenvalue weighted by Gasteiger charge is 2.27. The molecule has 0 saturated heterocycles. The van der Waals surface area contributed by atoms with Crippen LogP contribution in [0.5, 0.6) is 0 Å². The molecule has 0 spiro atoms. The lowest BCUT2D eigenvalue weighted by atomic mass is 9.92. The molecule has 0 saturated carbocycles. The largest absolute Gasteiger partial charge is 0.477 e. The molecule has 6 heteroatoms. The Hall–Kier alpha value is -3.80. The van der Waals surface area contributed by atoms with Gasteiger partial charge in [-0.2, -0.15) is 0 Å². The van der Waals surface area contributed by atoms with Gasteiger partial charge in [0.05, 0.1) is 4.92 Å². The van der Waals surface area contributed by atoms with Crippen molar-refractivity contribution in [1.82, 2.24) is 0 Å². The SMILES string of the molecule is Cc1c(C(=O)Cc2cccc(C(=O)O)c2[N+](=O)[O-])ccc2c1Cc1ccccc1-2. The van der Waals surface area contributed by atoms with Crippen LogP contribution in [0.15, 0.2) is 54.6 Å². The lowest BCUT2D eigenvalue weighted by molar-refractivity contribution is -0.385. The molecule has 0 radical (unpaired) electrons. The number of carbonyl (C=O) groups is 2. The minimum atomic E-state index is -1.39. The first-order valence-corrected chi connectivity index (χ1v) is 9.12. The Bertz CT molecular complexity index is 1200. The smallest absolute Gasteiger partial charge is 0.342 e. The van der Waals surface area contributed by atoms with Crippen molar-refractivity contribution < 1.29 is 19.6 Å². The van der Waals surface area contributed by atoms with Crippen molar-refractivity contribution in [3.63, 3.8) is 0 Å². The molecule has 1 aliphatic rings. The van der Waals surface area contributed by atoms with E-state index in [-0.39, 0.29) is 17.8 Å². The average molecular weight is 387 g/mol. The number of carboxylic acid groups (broad SMARTS) is 1. The Morgan fingerprint density at radius 1 is 1.00 bits per heavy atom. The number of rotatable bonds is 5. The number of benzene rings is 3. The number of nitro benzene ring substituents is 1. The number of hydrogen-bond acceptors (Lipinski definition) is 4. The first-order chi connectivity index (χ1) is 13.9. The quantitative estimate of drug-likeness (QED) is 0.307. The fourth-order valence-electron chi connectivity index (χ4n) is 4.06. The van der Waals surface area contributed by atoms with Crippen LogP contribution in [0.25, 0.3) is 11.1 Å². The third kappa shape index (κ3) is 3.08. The van der Waals surface area contributed by atoms with E-state index < -0.39 is 22.1 Å². The van der Waals surface area contributed by atoms with Crippen molar-refractivity contribution in [3.05, 3.63) is 98.1 Å². The zero-order valence-electron chi connectivity index (χ0n) is 15.6. The number of Topliss-reactive ketones (excluding diaryl/α,β-unsaturated/α-hetero) is 1. The van der Waals surface area contributed by atoms with Gasteiger partial charge in [0, 0.05) is 17.5 Å². The van der Waals surface area contributed by atoms with Crippen molar-refractivity contribution in [2.45, 2.75) is 19.8 Å². The lowest BCUT2D eigenvalue weighted by Gasteiger charge is -2.11. The number of para-hydroxylation sites is 1. The van der Waals surface area contributed by atoms with E-state index in [2.05, 4.69) is 12.1 Å². The predicted molar refractivity (Wildman–Crippen MR) is 108 cm³/mol. The molecule has 0 amide bonds. The molecule has 0 bridgehead atoms. The van der Waals surface area contributed by atoms with E-state index in [0.717, 1.165) is 28.7 Å². The molecular weight excluding hydrogens is 370 g/mol. The molecule has 6 nitrogen and oxygen atoms in total. The summed E-state index contributed by atoms with van der Waals surface area (Å²) in [5.74, 6) is -1.66. The average Bonchev–Trinajstić information content (AvgIpc) is 3.07. The van der Waals surface area contributed by atoms with Gasteiger partial charge < -0.3 is 5.11 Å². The highest BCUT2D eigenvalue weighted by molar-refractivity contribution is 6.01. The van der Waals surface area contributed by atoms with Crippen LogP contribution in [-0.4, -0.2) is 21.8 Å². The molecule has 4 rings (SSSR count). The van der Waals surface area contributed by atoms with E-state index in [9.17, 15) is 24.8 Å². The number of fused-ring (bicyclic) bond motifs is 3. The van der Waals surface area contributed by atoms with Crippen molar-refractivity contribution in [3.8, 4) is 11.1 Å².